The first-order chi connectivity index (χ1) is 9.79. The second-order valence-corrected chi connectivity index (χ2v) is 5.75. The number of aromatic nitrogens is 1. The predicted octanol–water partition coefficient (Wildman–Crippen LogP) is 3.41. The topological polar surface area (TPSA) is 70.4 Å². The van der Waals surface area contributed by atoms with Crippen LogP contribution in [0.5, 0.6) is 0 Å². The molecule has 0 bridgehead atoms. The molecule has 0 saturated heterocycles. The van der Waals surface area contributed by atoms with Gasteiger partial charge in [0, 0.05) is 11.6 Å². The van der Waals surface area contributed by atoms with Crippen molar-refractivity contribution in [2.75, 3.05) is 0 Å². The predicted molar refractivity (Wildman–Crippen MR) is 82.8 cm³/mol. The van der Waals surface area contributed by atoms with Crippen molar-refractivity contribution in [3.8, 4) is 0 Å². The third kappa shape index (κ3) is 3.47. The van der Waals surface area contributed by atoms with Crippen LogP contribution in [0.1, 0.15) is 38.1 Å². The Morgan fingerprint density at radius 3 is 2.62 bits per heavy atom. The Bertz CT molecular complexity index is 702. The lowest BCUT2D eigenvalue weighted by molar-refractivity contribution is -0.144. The van der Waals surface area contributed by atoms with Crippen LogP contribution in [-0.4, -0.2) is 21.2 Å². The summed E-state index contributed by atoms with van der Waals surface area (Å²) in [4.78, 5) is 15.3. The number of fused-ring (bicyclic) bond motifs is 1. The molecule has 0 fully saturated rings. The van der Waals surface area contributed by atoms with Crippen molar-refractivity contribution in [2.45, 2.75) is 26.9 Å². The summed E-state index contributed by atoms with van der Waals surface area (Å²) in [5.74, 6) is -0.861. The molecule has 2 aromatic rings. The minimum Gasteiger partial charge on any atom is -0.481 e. The number of pyridine rings is 1. The Kier molecular flexibility index (Phi) is 4.09. The molecular formula is C17H19NO3. The second-order valence-electron chi connectivity index (χ2n) is 5.75. The van der Waals surface area contributed by atoms with Gasteiger partial charge in [-0.2, -0.15) is 0 Å². The zero-order valence-corrected chi connectivity index (χ0v) is 12.4. The van der Waals surface area contributed by atoms with Gasteiger partial charge in [-0.05, 0) is 43.9 Å². The molecule has 0 aliphatic heterocycles. The highest BCUT2D eigenvalue weighted by atomic mass is 16.4. The Morgan fingerprint density at radius 1 is 1.29 bits per heavy atom. The van der Waals surface area contributed by atoms with E-state index in [2.05, 4.69) is 4.98 Å². The van der Waals surface area contributed by atoms with Crippen LogP contribution in [0.4, 0.5) is 0 Å². The minimum atomic E-state index is -0.905. The molecule has 4 heteroatoms. The van der Waals surface area contributed by atoms with E-state index in [-0.39, 0.29) is 0 Å². The number of hydrogen-bond donors (Lipinski definition) is 2. The minimum absolute atomic E-state index is 0.612. The number of benzene rings is 1. The fraction of sp³-hybridized carbons (Fsp3) is 0.294. The first-order valence-electron chi connectivity index (χ1n) is 6.80. The van der Waals surface area contributed by atoms with Crippen LogP contribution in [0.15, 0.2) is 36.5 Å². The lowest BCUT2D eigenvalue weighted by Crippen LogP contribution is -2.20. The van der Waals surface area contributed by atoms with Gasteiger partial charge in [0.05, 0.1) is 17.2 Å². The molecule has 21 heavy (non-hydrogen) atoms. The summed E-state index contributed by atoms with van der Waals surface area (Å²) in [5.41, 5.74) is 0.631. The van der Waals surface area contributed by atoms with Crippen molar-refractivity contribution >= 4 is 22.8 Å². The summed E-state index contributed by atoms with van der Waals surface area (Å²) in [6.45, 7) is 4.98. The third-order valence-electron chi connectivity index (χ3n) is 3.44. The molecule has 0 spiro atoms. The molecule has 0 aliphatic carbocycles. The van der Waals surface area contributed by atoms with Gasteiger partial charge in [-0.25, -0.2) is 0 Å². The summed E-state index contributed by atoms with van der Waals surface area (Å²) in [6, 6.07) is 7.65. The number of aliphatic hydroxyl groups is 1. The van der Waals surface area contributed by atoms with Crippen molar-refractivity contribution in [1.29, 1.82) is 0 Å². The van der Waals surface area contributed by atoms with Crippen molar-refractivity contribution in [3.63, 3.8) is 0 Å². The quantitative estimate of drug-likeness (QED) is 0.903. The van der Waals surface area contributed by atoms with E-state index >= 15 is 0 Å². The van der Waals surface area contributed by atoms with E-state index < -0.39 is 17.5 Å². The normalized spacial score (nSPS) is 13.7. The van der Waals surface area contributed by atoms with Crippen molar-refractivity contribution in [1.82, 2.24) is 4.98 Å². The molecule has 0 radical (unpaired) electrons. The number of rotatable bonds is 4. The van der Waals surface area contributed by atoms with E-state index in [4.69, 9.17) is 5.11 Å². The zero-order valence-electron chi connectivity index (χ0n) is 12.4. The van der Waals surface area contributed by atoms with Crippen LogP contribution < -0.4 is 0 Å². The maximum absolute atomic E-state index is 11.1. The van der Waals surface area contributed by atoms with Crippen molar-refractivity contribution < 1.29 is 15.0 Å². The molecule has 0 amide bonds. The van der Waals surface area contributed by atoms with Gasteiger partial charge in [0.1, 0.15) is 0 Å². The summed E-state index contributed by atoms with van der Waals surface area (Å²) in [7, 11) is 0. The van der Waals surface area contributed by atoms with Crippen LogP contribution in [0.2, 0.25) is 0 Å². The number of aliphatic carboxylic acids is 1. The molecule has 2 rings (SSSR count). The summed E-state index contributed by atoms with van der Waals surface area (Å²) >= 11 is 0. The monoisotopic (exact) mass is 285 g/mol. The largest absolute Gasteiger partial charge is 0.481 e. The highest BCUT2D eigenvalue weighted by molar-refractivity contribution is 5.85. The summed E-state index contributed by atoms with van der Waals surface area (Å²) < 4.78 is 0. The van der Waals surface area contributed by atoms with Gasteiger partial charge < -0.3 is 10.2 Å². The molecule has 4 nitrogen and oxygen atoms in total. The van der Waals surface area contributed by atoms with Gasteiger partial charge in [-0.1, -0.05) is 24.3 Å². The SMILES string of the molecule is CC(O)c1cc2cc(C=CC(C)(C)C(=O)O)ccc2cn1. The Morgan fingerprint density at radius 2 is 2.00 bits per heavy atom. The van der Waals surface area contributed by atoms with Gasteiger partial charge in [-0.3, -0.25) is 9.78 Å². The van der Waals surface area contributed by atoms with E-state index in [1.54, 1.807) is 39.1 Å². The van der Waals surface area contributed by atoms with Crippen LogP contribution in [0.3, 0.4) is 0 Å². The number of hydrogen-bond acceptors (Lipinski definition) is 3. The summed E-state index contributed by atoms with van der Waals surface area (Å²) in [6.07, 6.45) is 4.59. The highest BCUT2D eigenvalue weighted by Crippen LogP contribution is 2.22. The lowest BCUT2D eigenvalue weighted by Gasteiger charge is -2.13. The average Bonchev–Trinajstić information content (AvgIpc) is 2.44. The van der Waals surface area contributed by atoms with Crippen molar-refractivity contribution in [3.05, 3.63) is 47.8 Å². The van der Waals surface area contributed by atoms with Gasteiger partial charge in [0.15, 0.2) is 0 Å². The maximum atomic E-state index is 11.1. The molecule has 2 N–H and O–H groups in total. The highest BCUT2D eigenvalue weighted by Gasteiger charge is 2.22. The summed E-state index contributed by atoms with van der Waals surface area (Å²) in [5, 5.41) is 20.6. The zero-order chi connectivity index (χ0) is 15.6. The lowest BCUT2D eigenvalue weighted by atomic mass is 9.92. The molecule has 110 valence electrons. The Labute approximate surface area is 123 Å². The first-order valence-corrected chi connectivity index (χ1v) is 6.80. The van der Waals surface area contributed by atoms with E-state index in [9.17, 15) is 9.90 Å². The van der Waals surface area contributed by atoms with E-state index in [0.717, 1.165) is 16.3 Å². The number of carbonyl (C=O) groups is 1. The number of carboxylic acids is 1. The molecule has 1 unspecified atom stereocenters. The molecule has 0 saturated carbocycles. The molecule has 1 heterocycles. The fourth-order valence-electron chi connectivity index (χ4n) is 1.88. The van der Waals surface area contributed by atoms with E-state index in [1.807, 2.05) is 24.3 Å². The molecule has 1 atom stereocenters. The molecule has 0 aliphatic rings. The smallest absolute Gasteiger partial charge is 0.312 e. The molecule has 1 aromatic carbocycles. The van der Waals surface area contributed by atoms with Gasteiger partial charge in [0.25, 0.3) is 0 Å². The number of aliphatic hydroxyl groups excluding tert-OH is 1. The van der Waals surface area contributed by atoms with Crippen LogP contribution >= 0.6 is 0 Å². The van der Waals surface area contributed by atoms with Crippen LogP contribution in [0.25, 0.3) is 16.8 Å². The maximum Gasteiger partial charge on any atom is 0.312 e. The van der Waals surface area contributed by atoms with Gasteiger partial charge in [0.2, 0.25) is 0 Å². The van der Waals surface area contributed by atoms with Gasteiger partial charge in [-0.15, -0.1) is 0 Å². The Balaban J connectivity index is 2.38. The van der Waals surface area contributed by atoms with Crippen LogP contribution in [-0.2, 0) is 4.79 Å². The third-order valence-corrected chi connectivity index (χ3v) is 3.44. The fourth-order valence-corrected chi connectivity index (χ4v) is 1.88. The average molecular weight is 285 g/mol. The van der Waals surface area contributed by atoms with Gasteiger partial charge >= 0.3 is 5.97 Å². The second kappa shape index (κ2) is 5.66. The molecular weight excluding hydrogens is 266 g/mol. The molecule has 1 aromatic heterocycles. The first kappa shape index (κ1) is 15.2. The Hall–Kier alpha value is -2.20. The standard InChI is InChI=1S/C17H19NO3/c1-11(19)15-9-14-8-12(4-5-13(14)10-18-15)6-7-17(2,3)16(20)21/h4-11,19H,1-3H3,(H,20,21). The number of carboxylic acid groups (broad SMARTS) is 1. The van der Waals surface area contributed by atoms with Crippen LogP contribution in [0, 0.1) is 5.41 Å². The van der Waals surface area contributed by atoms with Crippen molar-refractivity contribution in [2.24, 2.45) is 5.41 Å². The van der Waals surface area contributed by atoms with E-state index in [0.29, 0.717) is 5.69 Å². The number of nitrogens with zero attached hydrogens (tertiary/aromatic N) is 1. The van der Waals surface area contributed by atoms with E-state index in [1.165, 1.54) is 0 Å².